The maximum absolute atomic E-state index is 12.8. The normalized spacial score (nSPS) is 12.7. The molecule has 0 aliphatic heterocycles. The number of carbonyl (C=O) groups is 1. The SMILES string of the molecule is C=S(=O)(NC(=O)NC)c1ccc(N)cc1OCCCCNc1nc(Cl)ncc1Br. The first kappa shape index (κ1) is 23.0. The van der Waals surface area contributed by atoms with Crippen LogP contribution < -0.4 is 25.8 Å². The van der Waals surface area contributed by atoms with Gasteiger partial charge in [0.15, 0.2) is 0 Å². The average Bonchev–Trinajstić information content (AvgIpc) is 2.66. The number of halogens is 2. The Morgan fingerprint density at radius 3 is 2.90 bits per heavy atom. The molecular formula is C17H22BrClN6O3S. The van der Waals surface area contributed by atoms with Gasteiger partial charge >= 0.3 is 6.03 Å². The number of hydrogen-bond acceptors (Lipinski definition) is 7. The largest absolute Gasteiger partial charge is 0.492 e. The molecule has 0 fully saturated rings. The van der Waals surface area contributed by atoms with Gasteiger partial charge in [-0.25, -0.2) is 14.0 Å². The number of rotatable bonds is 9. The molecule has 9 nitrogen and oxygen atoms in total. The topological polar surface area (TPSA) is 131 Å². The lowest BCUT2D eigenvalue weighted by Crippen LogP contribution is -2.37. The van der Waals surface area contributed by atoms with Gasteiger partial charge < -0.3 is 21.1 Å². The predicted molar refractivity (Wildman–Crippen MR) is 120 cm³/mol. The Labute approximate surface area is 183 Å². The second-order valence-corrected chi connectivity index (χ2v) is 9.07. The van der Waals surface area contributed by atoms with Gasteiger partial charge in [0.1, 0.15) is 11.6 Å². The van der Waals surface area contributed by atoms with E-state index in [1.54, 1.807) is 18.3 Å². The molecule has 29 heavy (non-hydrogen) atoms. The van der Waals surface area contributed by atoms with Crippen LogP contribution in [0, 0.1) is 0 Å². The van der Waals surface area contributed by atoms with E-state index in [0.717, 1.165) is 10.9 Å². The fourth-order valence-corrected chi connectivity index (χ4v) is 3.96. The van der Waals surface area contributed by atoms with Crippen molar-refractivity contribution in [1.29, 1.82) is 0 Å². The molecule has 0 aliphatic carbocycles. The number of nitrogen functional groups attached to an aromatic ring is 1. The highest BCUT2D eigenvalue weighted by Crippen LogP contribution is 2.26. The number of urea groups is 1. The molecule has 0 bridgehead atoms. The monoisotopic (exact) mass is 504 g/mol. The van der Waals surface area contributed by atoms with Gasteiger partial charge in [0, 0.05) is 31.5 Å². The lowest BCUT2D eigenvalue weighted by atomic mass is 10.3. The van der Waals surface area contributed by atoms with Crippen molar-refractivity contribution in [3.05, 3.63) is 34.2 Å². The molecule has 1 heterocycles. The highest BCUT2D eigenvalue weighted by atomic mass is 79.9. The highest BCUT2D eigenvalue weighted by Gasteiger charge is 2.16. The van der Waals surface area contributed by atoms with Crippen molar-refractivity contribution in [3.8, 4) is 5.75 Å². The molecule has 0 spiro atoms. The molecule has 1 atom stereocenters. The minimum Gasteiger partial charge on any atom is -0.492 e. The summed E-state index contributed by atoms with van der Waals surface area (Å²) in [4.78, 5) is 19.8. The van der Waals surface area contributed by atoms with Crippen molar-refractivity contribution >= 4 is 60.6 Å². The predicted octanol–water partition coefficient (Wildman–Crippen LogP) is 2.67. The number of hydrogen-bond donors (Lipinski definition) is 4. The van der Waals surface area contributed by atoms with Crippen LogP contribution in [0.1, 0.15) is 12.8 Å². The van der Waals surface area contributed by atoms with Crippen molar-refractivity contribution in [1.82, 2.24) is 20.0 Å². The van der Waals surface area contributed by atoms with Crippen LogP contribution in [0.25, 0.3) is 0 Å². The molecule has 2 aromatic rings. The van der Waals surface area contributed by atoms with E-state index in [9.17, 15) is 9.00 Å². The first-order valence-corrected chi connectivity index (χ1v) is 11.4. The van der Waals surface area contributed by atoms with E-state index in [0.29, 0.717) is 36.8 Å². The van der Waals surface area contributed by atoms with Crippen molar-refractivity contribution in [2.24, 2.45) is 0 Å². The van der Waals surface area contributed by atoms with Gasteiger partial charge in [0.2, 0.25) is 5.28 Å². The standard InChI is InChI=1S/C17H22BrClN6O3S/c1-21-17(26)25-29(2,27)14-6-5-11(20)9-13(14)28-8-4-3-7-22-15-12(18)10-23-16(19)24-15/h5-6,9-10H,2-4,7-8,20H2,1H3,(H,22,23,24)(H2,21,25,26,27). The van der Waals surface area contributed by atoms with Gasteiger partial charge in [-0.2, -0.15) is 4.98 Å². The smallest absolute Gasteiger partial charge is 0.326 e. The number of unbranched alkanes of at least 4 members (excludes halogenated alkanes) is 1. The lowest BCUT2D eigenvalue weighted by Gasteiger charge is -2.16. The summed E-state index contributed by atoms with van der Waals surface area (Å²) in [7, 11) is -1.67. The molecule has 1 unspecified atom stereocenters. The van der Waals surface area contributed by atoms with Crippen LogP contribution in [0.15, 0.2) is 33.8 Å². The molecule has 158 valence electrons. The second kappa shape index (κ2) is 10.5. The zero-order valence-corrected chi connectivity index (χ0v) is 18.9. The van der Waals surface area contributed by atoms with Gasteiger partial charge in [0.25, 0.3) is 0 Å². The number of nitrogens with zero attached hydrogens (tertiary/aromatic N) is 2. The maximum atomic E-state index is 12.8. The van der Waals surface area contributed by atoms with Crippen LogP contribution in [-0.4, -0.2) is 46.3 Å². The molecule has 12 heteroatoms. The quantitative estimate of drug-likeness (QED) is 0.178. The van der Waals surface area contributed by atoms with Crippen molar-refractivity contribution in [2.75, 3.05) is 31.2 Å². The molecule has 1 aromatic heterocycles. The van der Waals surface area contributed by atoms with Crippen LogP contribution in [0.5, 0.6) is 5.75 Å². The first-order chi connectivity index (χ1) is 13.7. The summed E-state index contributed by atoms with van der Waals surface area (Å²) >= 11 is 9.13. The Bertz CT molecular complexity index is 974. The summed E-state index contributed by atoms with van der Waals surface area (Å²) in [5.74, 6) is 4.55. The number of anilines is 2. The fourth-order valence-electron chi connectivity index (χ4n) is 2.25. The maximum Gasteiger partial charge on any atom is 0.326 e. The number of benzene rings is 1. The van der Waals surface area contributed by atoms with E-state index in [1.165, 1.54) is 13.1 Å². The van der Waals surface area contributed by atoms with E-state index in [1.807, 2.05) is 0 Å². The molecule has 0 aliphatic rings. The number of ether oxygens (including phenoxy) is 1. The molecule has 2 amide bonds. The minimum atomic E-state index is -3.10. The summed E-state index contributed by atoms with van der Waals surface area (Å²) in [5, 5.41) is 5.67. The summed E-state index contributed by atoms with van der Waals surface area (Å²) in [6, 6.07) is 4.07. The van der Waals surface area contributed by atoms with Gasteiger partial charge in [-0.15, -0.1) is 0 Å². The third-order valence-electron chi connectivity index (χ3n) is 3.64. The highest BCUT2D eigenvalue weighted by molar-refractivity contribution is 9.10. The summed E-state index contributed by atoms with van der Waals surface area (Å²) < 4.78 is 21.6. The lowest BCUT2D eigenvalue weighted by molar-refractivity contribution is 0.248. The first-order valence-electron chi connectivity index (χ1n) is 8.54. The van der Waals surface area contributed by atoms with E-state index in [2.05, 4.69) is 47.1 Å². The van der Waals surface area contributed by atoms with Crippen LogP contribution in [0.4, 0.5) is 16.3 Å². The number of carbonyl (C=O) groups excluding carboxylic acids is 1. The third-order valence-corrected chi connectivity index (χ3v) is 5.97. The minimum absolute atomic E-state index is 0.162. The van der Waals surface area contributed by atoms with Crippen molar-refractivity contribution in [2.45, 2.75) is 17.7 Å². The zero-order chi connectivity index (χ0) is 21.4. The molecule has 2 rings (SSSR count). The third kappa shape index (κ3) is 6.94. The Hall–Kier alpha value is -2.24. The van der Waals surface area contributed by atoms with E-state index in [-0.39, 0.29) is 10.2 Å². The number of nitrogens with two attached hydrogens (primary N) is 1. The van der Waals surface area contributed by atoms with Crippen molar-refractivity contribution < 1.29 is 13.7 Å². The Morgan fingerprint density at radius 1 is 1.41 bits per heavy atom. The molecule has 0 saturated heterocycles. The Kier molecular flexibility index (Phi) is 8.35. The zero-order valence-electron chi connectivity index (χ0n) is 15.7. The van der Waals surface area contributed by atoms with Gasteiger partial charge in [-0.3, -0.25) is 4.72 Å². The molecule has 0 radical (unpaired) electrons. The van der Waals surface area contributed by atoms with Crippen LogP contribution in [0.3, 0.4) is 0 Å². The molecule has 1 aromatic carbocycles. The second-order valence-electron chi connectivity index (χ2n) is 5.88. The number of nitrogens with one attached hydrogen (secondary N) is 3. The van der Waals surface area contributed by atoms with Crippen LogP contribution >= 0.6 is 27.5 Å². The van der Waals surface area contributed by atoms with Crippen LogP contribution in [0.2, 0.25) is 5.28 Å². The summed E-state index contributed by atoms with van der Waals surface area (Å²) in [6.45, 7) is 1.00. The fraction of sp³-hybridized carbons (Fsp3) is 0.294. The Morgan fingerprint density at radius 2 is 2.17 bits per heavy atom. The van der Waals surface area contributed by atoms with E-state index >= 15 is 0 Å². The summed E-state index contributed by atoms with van der Waals surface area (Å²) in [5.41, 5.74) is 6.26. The summed E-state index contributed by atoms with van der Waals surface area (Å²) in [6.07, 6.45) is 3.06. The van der Waals surface area contributed by atoms with E-state index in [4.69, 9.17) is 22.1 Å². The Balaban J connectivity index is 1.91. The average molecular weight is 506 g/mol. The van der Waals surface area contributed by atoms with Crippen molar-refractivity contribution in [3.63, 3.8) is 0 Å². The molecule has 0 saturated carbocycles. The van der Waals surface area contributed by atoms with Gasteiger partial charge in [-0.05, 0) is 58.4 Å². The molecular weight excluding hydrogens is 484 g/mol. The van der Waals surface area contributed by atoms with E-state index < -0.39 is 15.7 Å². The molecule has 5 N–H and O–H groups in total. The van der Waals surface area contributed by atoms with Crippen LogP contribution in [-0.2, 0) is 9.71 Å². The number of amides is 2. The van der Waals surface area contributed by atoms with Gasteiger partial charge in [0.05, 0.1) is 25.7 Å². The van der Waals surface area contributed by atoms with Gasteiger partial charge in [-0.1, -0.05) is 0 Å². The number of aromatic nitrogens is 2.